The summed E-state index contributed by atoms with van der Waals surface area (Å²) >= 11 is 0. The van der Waals surface area contributed by atoms with Crippen molar-refractivity contribution in [2.24, 2.45) is 30.7 Å². The van der Waals surface area contributed by atoms with Crippen molar-refractivity contribution in [2.75, 3.05) is 0 Å². The van der Waals surface area contributed by atoms with Crippen LogP contribution in [0, 0.1) is 24.3 Å². The number of fused-ring (bicyclic) bond motifs is 2. The van der Waals surface area contributed by atoms with E-state index in [9.17, 15) is 88.2 Å². The zero-order chi connectivity index (χ0) is 60.1. The van der Waals surface area contributed by atoms with Crippen LogP contribution < -0.4 is 177 Å². The number of azo groups is 4. The van der Waals surface area contributed by atoms with E-state index in [4.69, 9.17) is 0 Å². The zero-order valence-electron chi connectivity index (χ0n) is 47.0. The number of nitrogens with zero attached hydrogens (tertiary/aromatic N) is 8. The molecule has 88 heavy (non-hydrogen) atoms. The Morgan fingerprint density at radius 3 is 0.932 bits per heavy atom. The Hall–Kier alpha value is -2.52. The van der Waals surface area contributed by atoms with Crippen molar-refractivity contribution in [3.05, 3.63) is 166 Å². The Bertz CT molecular complexity index is 4640. The fourth-order valence-corrected chi connectivity index (χ4v) is 12.1. The summed E-state index contributed by atoms with van der Waals surface area (Å²) in [6, 6.07) is 23.0. The van der Waals surface area contributed by atoms with Gasteiger partial charge >= 0.3 is 177 Å². The molecule has 0 aromatic heterocycles. The van der Waals surface area contributed by atoms with Crippen LogP contribution >= 0.6 is 0 Å². The van der Waals surface area contributed by atoms with E-state index in [1.807, 2.05) is 0 Å². The molecule has 8 rings (SSSR count). The molecule has 0 radical (unpaired) electrons. The maximum atomic E-state index is 13.2. The van der Waals surface area contributed by atoms with E-state index in [0.717, 1.165) is 109 Å². The quantitative estimate of drug-likeness (QED) is 0.0216. The van der Waals surface area contributed by atoms with Crippen molar-refractivity contribution in [1.82, 2.24) is 0 Å². The molecule has 28 nitrogen and oxygen atoms in total. The summed E-state index contributed by atoms with van der Waals surface area (Å²) in [7, 11) is -31.5. The van der Waals surface area contributed by atoms with E-state index in [-0.39, 0.29) is 266 Å². The van der Waals surface area contributed by atoms with Crippen molar-refractivity contribution < 1.29 is 265 Å². The van der Waals surface area contributed by atoms with Gasteiger partial charge in [-0.25, -0.2) is 50.5 Å². The zero-order valence-corrected chi connectivity index (χ0v) is 63.9. The van der Waals surface area contributed by atoms with E-state index < -0.39 is 101 Å². The van der Waals surface area contributed by atoms with E-state index >= 15 is 0 Å². The molecule has 0 amide bonds. The molecular weight excluding hydrogens is 1340 g/mol. The van der Waals surface area contributed by atoms with Crippen LogP contribution in [-0.4, -0.2) is 87.5 Å². The van der Waals surface area contributed by atoms with Crippen molar-refractivity contribution in [1.29, 1.82) is 0 Å². The number of benzene rings is 8. The van der Waals surface area contributed by atoms with Crippen LogP contribution in [0.25, 0.3) is 33.7 Å². The minimum absolute atomic E-state index is 0. The summed E-state index contributed by atoms with van der Waals surface area (Å²) in [6.45, 7) is 2.91. The average molecular weight is 1370 g/mol. The minimum atomic E-state index is -5.37. The largest absolute Gasteiger partial charge is 1.00 e. The van der Waals surface area contributed by atoms with Crippen LogP contribution in [0.15, 0.2) is 194 Å². The van der Waals surface area contributed by atoms with Crippen molar-refractivity contribution in [2.45, 2.75) is 43.2 Å². The van der Waals surface area contributed by atoms with Crippen LogP contribution in [0.1, 0.15) is 22.3 Å². The molecule has 0 heterocycles. The number of hydrogen-bond donors (Lipinski definition) is 0. The van der Waals surface area contributed by atoms with Crippen LogP contribution in [0.2, 0.25) is 0 Å². The molecule has 8 aromatic carbocycles. The Kier molecular flexibility index (Phi) is 29.7. The molecule has 40 heteroatoms. The summed E-state index contributed by atoms with van der Waals surface area (Å²) in [5.41, 5.74) is -1.92. The topological polar surface area (TPSA) is 469 Å². The summed E-state index contributed by atoms with van der Waals surface area (Å²) < 4.78 is 219. The van der Waals surface area contributed by atoms with Gasteiger partial charge in [-0.3, -0.25) is 0 Å². The van der Waals surface area contributed by atoms with Gasteiger partial charge < -0.3 is 37.7 Å². The molecule has 0 bridgehead atoms. The minimum Gasteiger partial charge on any atom is -0.744 e. The fourth-order valence-electron chi connectivity index (χ4n) is 7.93. The number of hydrogen-bond acceptors (Lipinski definition) is 26. The van der Waals surface area contributed by atoms with Crippen molar-refractivity contribution in [3.63, 3.8) is 0 Å². The molecule has 0 aliphatic heterocycles. The second-order valence-electron chi connectivity index (χ2n) is 17.2. The monoisotopic (exact) mass is 1370 g/mol. The van der Waals surface area contributed by atoms with Gasteiger partial charge in [-0.05, 0) is 109 Å². The Labute approximate surface area is 635 Å². The summed E-state index contributed by atoms with van der Waals surface area (Å²) in [6.07, 6.45) is 1.93. The second-order valence-corrected chi connectivity index (χ2v) is 25.3. The van der Waals surface area contributed by atoms with Gasteiger partial charge in [-0.1, -0.05) is 58.3 Å². The predicted octanol–water partition coefficient (Wildman–Crippen LogP) is -9.09. The van der Waals surface area contributed by atoms with Gasteiger partial charge in [0.1, 0.15) is 72.1 Å². The van der Waals surface area contributed by atoms with Gasteiger partial charge in [0.25, 0.3) is 0 Å². The van der Waals surface area contributed by atoms with Crippen molar-refractivity contribution >= 4 is 140 Å². The molecule has 0 aliphatic rings. The van der Waals surface area contributed by atoms with Crippen LogP contribution in [0.4, 0.5) is 45.5 Å². The van der Waals surface area contributed by atoms with Gasteiger partial charge in [0.05, 0.1) is 52.1 Å². The third-order valence-electron chi connectivity index (χ3n) is 11.6. The standard InChI is InChI=1S/C48H36N8O20S6.6Na/c1-27-19-35(15-17-41(27)51-49-33-21-39-37(47(25-33)81(71,72)73)5-3-7-43(39)77(59,60)61)55(57)53-31-13-11-29(45(23-31)79(65,66)67)9-10-30-12-14-32(24-46(30)80(68,69)70)54-56(58)36-16-18-42(28(2)20-36)52-50-34-22-40-38(48(26-34)82(74,75)76)6-4-8-44(40)78(62,63)64;;;;;;/h3-26H,1-2H3,(H,59,60,61)(H,62,63,64)(H,65,66,67)(H,68,69,70)(H,71,72,73)(H,74,75,76);;;;;;/q;6*+1/p-6/b10-9+,51-49?,52-50?,55-53?,56-54?;;;;;;. The third-order valence-corrected chi connectivity index (χ3v) is 16.9. The molecule has 424 valence electrons. The molecule has 0 atom stereocenters. The van der Waals surface area contributed by atoms with Gasteiger partial charge in [0.2, 0.25) is 11.4 Å². The molecule has 0 saturated heterocycles. The third kappa shape index (κ3) is 20.0. The maximum absolute atomic E-state index is 13.2. The predicted molar refractivity (Wildman–Crippen MR) is 279 cm³/mol. The first-order valence-corrected chi connectivity index (χ1v) is 30.8. The summed E-state index contributed by atoms with van der Waals surface area (Å²) in [4.78, 5) is -5.22. The van der Waals surface area contributed by atoms with Crippen molar-refractivity contribution in [3.8, 4) is 0 Å². The summed E-state index contributed by atoms with van der Waals surface area (Å²) in [5.74, 6) is 0. The molecule has 0 fully saturated rings. The molecular formula is C48H30N8Na6O20S6. The van der Waals surface area contributed by atoms with E-state index in [2.05, 4.69) is 30.7 Å². The van der Waals surface area contributed by atoms with E-state index in [0.29, 0.717) is 0 Å². The number of aryl methyl sites for hydroxylation is 2. The molecule has 0 unspecified atom stereocenters. The van der Waals surface area contributed by atoms with Crippen LogP contribution in [-0.2, 0) is 60.7 Å². The average Bonchev–Trinajstić information content (AvgIpc) is 0.893. The molecule has 0 aliphatic carbocycles. The Balaban J connectivity index is 0.00000440. The first-order chi connectivity index (χ1) is 38.1. The first-order valence-electron chi connectivity index (χ1n) is 22.3. The van der Waals surface area contributed by atoms with Crippen LogP contribution in [0.3, 0.4) is 0 Å². The molecule has 0 saturated carbocycles. The normalized spacial score (nSPS) is 12.6. The fraction of sp³-hybridized carbons (Fsp3) is 0.0417. The molecule has 8 aromatic rings. The van der Waals surface area contributed by atoms with Gasteiger partial charge in [0.15, 0.2) is 0 Å². The molecule has 0 spiro atoms. The van der Waals surface area contributed by atoms with Gasteiger partial charge in [0, 0.05) is 56.0 Å². The smallest absolute Gasteiger partial charge is 0.744 e. The Morgan fingerprint density at radius 1 is 0.330 bits per heavy atom. The van der Waals surface area contributed by atoms with Gasteiger partial charge in [-0.15, -0.1) is 0 Å². The number of rotatable bonds is 16. The Morgan fingerprint density at radius 2 is 0.636 bits per heavy atom. The summed E-state index contributed by atoms with van der Waals surface area (Å²) in [5, 5.41) is 48.2. The van der Waals surface area contributed by atoms with Gasteiger partial charge in [-0.2, -0.15) is 20.5 Å². The van der Waals surface area contributed by atoms with E-state index in [1.54, 1.807) is 0 Å². The first kappa shape index (κ1) is 81.6. The second kappa shape index (κ2) is 32.1. The molecule has 0 N–H and O–H groups in total. The maximum Gasteiger partial charge on any atom is 1.00 e. The van der Waals surface area contributed by atoms with Crippen LogP contribution in [0.5, 0.6) is 0 Å². The SMILES string of the molecule is Cc1cc([N+]([O-])=Nc2ccc(/C=C/c3ccc(N=[N+]([O-])c4ccc(N=Nc5cc(S(=O)(=O)[O-])c6cccc(S(=O)(=O)[O-])c6c5)c(C)c4)cc3S(=O)(=O)[O-])c(S(=O)(=O)[O-])c2)ccc1N=Nc1cc(S(=O)(=O)[O-])c2cccc(S(=O)(=O)[O-])c2c1.[Na+].[Na+].[Na+].[Na+].[Na+].[Na+]. The van der Waals surface area contributed by atoms with E-state index in [1.165, 1.54) is 50.2 Å².